The summed E-state index contributed by atoms with van der Waals surface area (Å²) in [7, 11) is 3.74. The van der Waals surface area contributed by atoms with Gasteiger partial charge in [0, 0.05) is 25.7 Å². The molecule has 1 aliphatic rings. The predicted octanol–water partition coefficient (Wildman–Crippen LogP) is 2.47. The van der Waals surface area contributed by atoms with Crippen molar-refractivity contribution in [2.75, 3.05) is 19.0 Å². The average molecular weight is 268 g/mol. The van der Waals surface area contributed by atoms with Crippen LogP contribution < -0.4 is 10.2 Å². The molecule has 1 N–H and O–H groups in total. The maximum absolute atomic E-state index is 12.1. The van der Waals surface area contributed by atoms with E-state index in [1.165, 1.54) is 12.8 Å². The maximum Gasteiger partial charge on any atom is 0.251 e. The van der Waals surface area contributed by atoms with Gasteiger partial charge in [-0.2, -0.15) is 0 Å². The molecule has 1 saturated carbocycles. The highest BCUT2D eigenvalue weighted by Gasteiger charge is 2.18. The number of carbonyl (C=O) groups excluding carboxylic acids is 1. The molecule has 0 saturated heterocycles. The zero-order chi connectivity index (χ0) is 13.1. The van der Waals surface area contributed by atoms with Crippen molar-refractivity contribution in [3.8, 4) is 0 Å². The van der Waals surface area contributed by atoms with Gasteiger partial charge in [-0.1, -0.05) is 24.4 Å². The third-order valence-corrected chi connectivity index (χ3v) is 3.38. The minimum absolute atomic E-state index is 0.0608. The van der Waals surface area contributed by atoms with Crippen molar-refractivity contribution in [2.24, 2.45) is 0 Å². The fourth-order valence-corrected chi connectivity index (χ4v) is 2.39. The summed E-state index contributed by atoms with van der Waals surface area (Å²) in [5, 5.41) is 3.39. The number of nitrogens with zero attached hydrogens (tertiary/aromatic N) is 2. The number of nitrogens with one attached hydrogen (secondary N) is 1. The van der Waals surface area contributed by atoms with E-state index < -0.39 is 0 Å². The van der Waals surface area contributed by atoms with Gasteiger partial charge in [-0.3, -0.25) is 4.79 Å². The second-order valence-electron chi connectivity index (χ2n) is 4.89. The monoisotopic (exact) mass is 267 g/mol. The summed E-state index contributed by atoms with van der Waals surface area (Å²) in [5.41, 5.74) is 0.575. The first-order valence-electron chi connectivity index (χ1n) is 6.22. The lowest BCUT2D eigenvalue weighted by molar-refractivity contribution is 0.0938. The number of halogens is 1. The summed E-state index contributed by atoms with van der Waals surface area (Å²) in [5.74, 6) is 0.633. The zero-order valence-corrected chi connectivity index (χ0v) is 11.5. The Hall–Kier alpha value is -1.29. The Morgan fingerprint density at radius 1 is 1.39 bits per heavy atom. The molecule has 18 heavy (non-hydrogen) atoms. The van der Waals surface area contributed by atoms with Gasteiger partial charge in [0.1, 0.15) is 11.0 Å². The minimum Gasteiger partial charge on any atom is -0.363 e. The summed E-state index contributed by atoms with van der Waals surface area (Å²) >= 11 is 5.94. The second-order valence-corrected chi connectivity index (χ2v) is 5.27. The molecule has 1 heterocycles. The summed E-state index contributed by atoms with van der Waals surface area (Å²) in [4.78, 5) is 18.1. The third-order valence-electron chi connectivity index (χ3n) is 3.19. The number of hydrogen-bond donors (Lipinski definition) is 1. The van der Waals surface area contributed by atoms with Gasteiger partial charge in [0.05, 0.1) is 0 Å². The molecule has 0 atom stereocenters. The van der Waals surface area contributed by atoms with Crippen LogP contribution in [0.15, 0.2) is 12.1 Å². The standard InChI is InChI=1S/C13H18ClN3O/c1-17(2)12-8-9(7-11(14)16-12)13(18)15-10-5-3-4-6-10/h7-8,10H,3-6H2,1-2H3,(H,15,18). The Balaban J connectivity index is 2.13. The lowest BCUT2D eigenvalue weighted by Gasteiger charge is -2.15. The largest absolute Gasteiger partial charge is 0.363 e. The van der Waals surface area contributed by atoms with Crippen molar-refractivity contribution < 1.29 is 4.79 Å². The molecular weight excluding hydrogens is 250 g/mol. The molecule has 1 amide bonds. The van der Waals surface area contributed by atoms with Crippen LogP contribution in [-0.2, 0) is 0 Å². The van der Waals surface area contributed by atoms with E-state index in [1.54, 1.807) is 12.1 Å². The van der Waals surface area contributed by atoms with Crippen LogP contribution in [0.2, 0.25) is 5.15 Å². The zero-order valence-electron chi connectivity index (χ0n) is 10.7. The first-order chi connectivity index (χ1) is 8.56. The number of amides is 1. The molecule has 2 rings (SSSR count). The molecular formula is C13H18ClN3O. The Morgan fingerprint density at radius 3 is 2.67 bits per heavy atom. The fraction of sp³-hybridized carbons (Fsp3) is 0.538. The molecule has 0 spiro atoms. The molecule has 1 aromatic heterocycles. The predicted molar refractivity (Wildman–Crippen MR) is 73.3 cm³/mol. The van der Waals surface area contributed by atoms with E-state index in [4.69, 9.17) is 11.6 Å². The molecule has 1 fully saturated rings. The van der Waals surface area contributed by atoms with E-state index in [1.807, 2.05) is 19.0 Å². The number of rotatable bonds is 3. The molecule has 0 bridgehead atoms. The Kier molecular flexibility index (Phi) is 4.07. The van der Waals surface area contributed by atoms with Crippen molar-refractivity contribution in [2.45, 2.75) is 31.7 Å². The number of carbonyl (C=O) groups is 1. The van der Waals surface area contributed by atoms with Gasteiger partial charge >= 0.3 is 0 Å². The second kappa shape index (κ2) is 5.57. The van der Waals surface area contributed by atoms with Crippen LogP contribution in [0, 0.1) is 0 Å². The molecule has 1 aliphatic carbocycles. The van der Waals surface area contributed by atoms with Crippen LogP contribution in [0.1, 0.15) is 36.0 Å². The van der Waals surface area contributed by atoms with Gasteiger partial charge < -0.3 is 10.2 Å². The molecule has 0 aromatic carbocycles. The van der Waals surface area contributed by atoms with E-state index in [0.29, 0.717) is 22.6 Å². The van der Waals surface area contributed by atoms with Crippen molar-refractivity contribution in [3.63, 3.8) is 0 Å². The summed E-state index contributed by atoms with van der Waals surface area (Å²) in [6.07, 6.45) is 4.55. The van der Waals surface area contributed by atoms with Crippen LogP contribution in [0.25, 0.3) is 0 Å². The van der Waals surface area contributed by atoms with E-state index >= 15 is 0 Å². The Morgan fingerprint density at radius 2 is 2.06 bits per heavy atom. The van der Waals surface area contributed by atoms with E-state index in [2.05, 4.69) is 10.3 Å². The SMILES string of the molecule is CN(C)c1cc(C(=O)NC2CCCC2)cc(Cl)n1. The molecule has 4 nitrogen and oxygen atoms in total. The number of aromatic nitrogens is 1. The molecule has 0 unspecified atom stereocenters. The summed E-state index contributed by atoms with van der Waals surface area (Å²) in [6.45, 7) is 0. The van der Waals surface area contributed by atoms with E-state index in [-0.39, 0.29) is 5.91 Å². The van der Waals surface area contributed by atoms with Crippen molar-refractivity contribution >= 4 is 23.3 Å². The molecule has 5 heteroatoms. The first-order valence-corrected chi connectivity index (χ1v) is 6.60. The van der Waals surface area contributed by atoms with Crippen molar-refractivity contribution in [1.29, 1.82) is 0 Å². The molecule has 0 aliphatic heterocycles. The highest BCUT2D eigenvalue weighted by Crippen LogP contribution is 2.20. The average Bonchev–Trinajstić information content (AvgIpc) is 2.80. The normalized spacial score (nSPS) is 15.7. The van der Waals surface area contributed by atoms with E-state index in [0.717, 1.165) is 12.8 Å². The van der Waals surface area contributed by atoms with Crippen LogP contribution in [0.5, 0.6) is 0 Å². The van der Waals surface area contributed by atoms with Crippen LogP contribution in [-0.4, -0.2) is 31.0 Å². The molecule has 98 valence electrons. The quantitative estimate of drug-likeness (QED) is 0.856. The van der Waals surface area contributed by atoms with Crippen LogP contribution in [0.3, 0.4) is 0 Å². The highest BCUT2D eigenvalue weighted by atomic mass is 35.5. The summed E-state index contributed by atoms with van der Waals surface area (Å²) < 4.78 is 0. The van der Waals surface area contributed by atoms with Crippen molar-refractivity contribution in [3.05, 3.63) is 22.8 Å². The number of hydrogen-bond acceptors (Lipinski definition) is 3. The summed E-state index contributed by atoms with van der Waals surface area (Å²) in [6, 6.07) is 3.68. The maximum atomic E-state index is 12.1. The minimum atomic E-state index is -0.0608. The third kappa shape index (κ3) is 3.13. The van der Waals surface area contributed by atoms with Gasteiger partial charge in [0.25, 0.3) is 5.91 Å². The Labute approximate surface area is 112 Å². The van der Waals surface area contributed by atoms with Gasteiger partial charge in [0.2, 0.25) is 0 Å². The lowest BCUT2D eigenvalue weighted by atomic mass is 10.2. The first kappa shape index (κ1) is 13.1. The van der Waals surface area contributed by atoms with Gasteiger partial charge in [-0.25, -0.2) is 4.98 Å². The number of pyridine rings is 1. The lowest BCUT2D eigenvalue weighted by Crippen LogP contribution is -2.32. The van der Waals surface area contributed by atoms with Gasteiger partial charge in [-0.15, -0.1) is 0 Å². The fourth-order valence-electron chi connectivity index (χ4n) is 2.18. The smallest absolute Gasteiger partial charge is 0.251 e. The topological polar surface area (TPSA) is 45.2 Å². The van der Waals surface area contributed by atoms with Crippen LogP contribution in [0.4, 0.5) is 5.82 Å². The number of anilines is 1. The van der Waals surface area contributed by atoms with Crippen LogP contribution >= 0.6 is 11.6 Å². The molecule has 0 radical (unpaired) electrons. The highest BCUT2D eigenvalue weighted by molar-refractivity contribution is 6.29. The van der Waals surface area contributed by atoms with Crippen molar-refractivity contribution in [1.82, 2.24) is 10.3 Å². The van der Waals surface area contributed by atoms with Gasteiger partial charge in [0.15, 0.2) is 0 Å². The van der Waals surface area contributed by atoms with Gasteiger partial charge in [-0.05, 0) is 25.0 Å². The Bertz CT molecular complexity index is 442. The van der Waals surface area contributed by atoms with E-state index in [9.17, 15) is 4.79 Å². The molecule has 1 aromatic rings.